The van der Waals surface area contributed by atoms with Crippen LogP contribution in [0, 0.1) is 11.6 Å². The minimum Gasteiger partial charge on any atom is -0.378 e. The summed E-state index contributed by atoms with van der Waals surface area (Å²) in [7, 11) is 3.65. The lowest BCUT2D eigenvalue weighted by Crippen LogP contribution is -2.31. The van der Waals surface area contributed by atoms with Crippen molar-refractivity contribution in [3.8, 4) is 0 Å². The lowest BCUT2D eigenvalue weighted by molar-refractivity contribution is 0.121. The van der Waals surface area contributed by atoms with Crippen molar-refractivity contribution in [3.05, 3.63) is 100 Å². The van der Waals surface area contributed by atoms with E-state index in [1.54, 1.807) is 41.3 Å². The molecule has 0 saturated carbocycles. The van der Waals surface area contributed by atoms with Crippen LogP contribution in [0.1, 0.15) is 16.7 Å². The Morgan fingerprint density at radius 1 is 0.885 bits per heavy atom. The molecule has 0 aliphatic carbocycles. The minimum atomic E-state index is -1.87. The van der Waals surface area contributed by atoms with Crippen molar-refractivity contribution in [2.24, 2.45) is 0 Å². The second kappa shape index (κ2) is 7.06. The molecule has 1 N–H and O–H groups in total. The van der Waals surface area contributed by atoms with E-state index >= 15 is 0 Å². The van der Waals surface area contributed by atoms with E-state index in [4.69, 9.17) is 11.6 Å². The summed E-state index contributed by atoms with van der Waals surface area (Å²) in [5.74, 6) is -1.03. The van der Waals surface area contributed by atoms with Crippen molar-refractivity contribution >= 4 is 17.3 Å². The number of halogens is 3. The molecule has 0 fully saturated rings. The van der Waals surface area contributed by atoms with E-state index in [0.717, 1.165) is 0 Å². The molecule has 0 bridgehead atoms. The van der Waals surface area contributed by atoms with E-state index in [-0.39, 0.29) is 10.6 Å². The zero-order chi connectivity index (χ0) is 18.9. The standard InChI is InChI=1S/C21H18ClF2NO/c1-25(2)16-11-12-20(24)18(13-16)21(26,14-7-9-15(23)10-8-14)17-5-3-4-6-19(17)22/h3-13,26H,1-2H3. The molecule has 134 valence electrons. The van der Waals surface area contributed by atoms with Gasteiger partial charge in [-0.3, -0.25) is 0 Å². The number of anilines is 1. The average molecular weight is 374 g/mol. The van der Waals surface area contributed by atoms with Crippen molar-refractivity contribution in [3.63, 3.8) is 0 Å². The Balaban J connectivity index is 2.34. The molecule has 3 aromatic carbocycles. The van der Waals surface area contributed by atoms with Crippen molar-refractivity contribution < 1.29 is 13.9 Å². The Morgan fingerprint density at radius 3 is 2.15 bits per heavy atom. The van der Waals surface area contributed by atoms with Crippen molar-refractivity contribution in [1.29, 1.82) is 0 Å². The number of rotatable bonds is 4. The van der Waals surface area contributed by atoms with E-state index in [1.165, 1.54) is 30.3 Å². The normalized spacial score (nSPS) is 13.3. The fourth-order valence-corrected chi connectivity index (χ4v) is 3.24. The van der Waals surface area contributed by atoms with Gasteiger partial charge in [0.1, 0.15) is 17.2 Å². The molecule has 0 saturated heterocycles. The quantitative estimate of drug-likeness (QED) is 0.653. The monoisotopic (exact) mass is 373 g/mol. The molecule has 0 amide bonds. The summed E-state index contributed by atoms with van der Waals surface area (Å²) in [6.07, 6.45) is 0. The molecule has 0 spiro atoms. The Labute approximate surface area is 156 Å². The average Bonchev–Trinajstić information content (AvgIpc) is 2.62. The molecule has 1 unspecified atom stereocenters. The molecule has 0 aliphatic rings. The Hall–Kier alpha value is -2.43. The van der Waals surface area contributed by atoms with Crippen molar-refractivity contribution in [1.82, 2.24) is 0 Å². The van der Waals surface area contributed by atoms with Crippen LogP contribution in [-0.2, 0) is 5.60 Å². The van der Waals surface area contributed by atoms with Crippen LogP contribution in [0.25, 0.3) is 0 Å². The molecule has 0 aromatic heterocycles. The summed E-state index contributed by atoms with van der Waals surface area (Å²) in [6.45, 7) is 0. The summed E-state index contributed by atoms with van der Waals surface area (Å²) in [6, 6.07) is 16.5. The summed E-state index contributed by atoms with van der Waals surface area (Å²) in [5.41, 5.74) is -0.468. The van der Waals surface area contributed by atoms with Crippen LogP contribution in [-0.4, -0.2) is 19.2 Å². The minimum absolute atomic E-state index is 0.0448. The summed E-state index contributed by atoms with van der Waals surface area (Å²) in [5, 5.41) is 12.0. The van der Waals surface area contributed by atoms with Crippen LogP contribution in [0.2, 0.25) is 5.02 Å². The maximum Gasteiger partial charge on any atom is 0.144 e. The molecular formula is C21H18ClF2NO. The maximum absolute atomic E-state index is 14.8. The highest BCUT2D eigenvalue weighted by Crippen LogP contribution is 2.42. The van der Waals surface area contributed by atoms with Crippen LogP contribution in [0.5, 0.6) is 0 Å². The van der Waals surface area contributed by atoms with Gasteiger partial charge in [0.25, 0.3) is 0 Å². The van der Waals surface area contributed by atoms with Crippen molar-refractivity contribution in [2.75, 3.05) is 19.0 Å². The Kier molecular flexibility index (Phi) is 4.99. The first kappa shape index (κ1) is 18.4. The van der Waals surface area contributed by atoms with E-state index < -0.39 is 17.2 Å². The first-order valence-corrected chi connectivity index (χ1v) is 8.42. The first-order chi connectivity index (χ1) is 12.3. The smallest absolute Gasteiger partial charge is 0.144 e. The number of nitrogens with zero attached hydrogens (tertiary/aromatic N) is 1. The number of hydrogen-bond acceptors (Lipinski definition) is 2. The van der Waals surface area contributed by atoms with E-state index in [0.29, 0.717) is 16.8 Å². The zero-order valence-electron chi connectivity index (χ0n) is 14.4. The highest BCUT2D eigenvalue weighted by molar-refractivity contribution is 6.31. The third kappa shape index (κ3) is 3.18. The Morgan fingerprint density at radius 2 is 1.54 bits per heavy atom. The van der Waals surface area contributed by atoms with Gasteiger partial charge in [-0.15, -0.1) is 0 Å². The predicted molar refractivity (Wildman–Crippen MR) is 101 cm³/mol. The van der Waals surface area contributed by atoms with Gasteiger partial charge in [0.05, 0.1) is 0 Å². The fraction of sp³-hybridized carbons (Fsp3) is 0.143. The van der Waals surface area contributed by atoms with Crippen LogP contribution in [0.4, 0.5) is 14.5 Å². The zero-order valence-corrected chi connectivity index (χ0v) is 15.1. The van der Waals surface area contributed by atoms with Gasteiger partial charge in [-0.05, 0) is 42.0 Å². The summed E-state index contributed by atoms with van der Waals surface area (Å²) >= 11 is 6.33. The van der Waals surface area contributed by atoms with Gasteiger partial charge < -0.3 is 10.0 Å². The van der Waals surface area contributed by atoms with Crippen molar-refractivity contribution in [2.45, 2.75) is 5.60 Å². The molecule has 0 aliphatic heterocycles. The third-order valence-corrected chi connectivity index (χ3v) is 4.71. The van der Waals surface area contributed by atoms with Gasteiger partial charge in [-0.2, -0.15) is 0 Å². The van der Waals surface area contributed by atoms with E-state index in [1.807, 2.05) is 14.1 Å². The molecule has 5 heteroatoms. The van der Waals surface area contributed by atoms with Crippen LogP contribution in [0.15, 0.2) is 66.7 Å². The van der Waals surface area contributed by atoms with Gasteiger partial charge in [0.15, 0.2) is 0 Å². The molecule has 0 heterocycles. The molecule has 3 rings (SSSR count). The SMILES string of the molecule is CN(C)c1ccc(F)c(C(O)(c2ccc(F)cc2)c2ccccc2Cl)c1. The van der Waals surface area contributed by atoms with Crippen LogP contribution >= 0.6 is 11.6 Å². The van der Waals surface area contributed by atoms with Gasteiger partial charge in [-0.1, -0.05) is 41.9 Å². The topological polar surface area (TPSA) is 23.5 Å². The highest BCUT2D eigenvalue weighted by Gasteiger charge is 2.38. The van der Waals surface area contributed by atoms with Crippen LogP contribution < -0.4 is 4.90 Å². The van der Waals surface area contributed by atoms with E-state index in [2.05, 4.69) is 0 Å². The molecular weight excluding hydrogens is 356 g/mol. The van der Waals surface area contributed by atoms with Gasteiger partial charge in [0, 0.05) is 35.9 Å². The molecule has 1 atom stereocenters. The number of hydrogen-bond donors (Lipinski definition) is 1. The Bertz CT molecular complexity index is 928. The second-order valence-corrected chi connectivity index (χ2v) is 6.66. The fourth-order valence-electron chi connectivity index (χ4n) is 2.97. The lowest BCUT2D eigenvalue weighted by atomic mass is 9.80. The predicted octanol–water partition coefficient (Wildman–Crippen LogP) is 4.97. The molecule has 2 nitrogen and oxygen atoms in total. The van der Waals surface area contributed by atoms with E-state index in [9.17, 15) is 13.9 Å². The third-order valence-electron chi connectivity index (χ3n) is 4.38. The first-order valence-electron chi connectivity index (χ1n) is 8.05. The molecule has 26 heavy (non-hydrogen) atoms. The van der Waals surface area contributed by atoms with Gasteiger partial charge in [0.2, 0.25) is 0 Å². The van der Waals surface area contributed by atoms with Gasteiger partial charge in [-0.25, -0.2) is 8.78 Å². The number of benzene rings is 3. The maximum atomic E-state index is 14.8. The summed E-state index contributed by atoms with van der Waals surface area (Å²) < 4.78 is 28.2. The highest BCUT2D eigenvalue weighted by atomic mass is 35.5. The molecule has 0 radical (unpaired) electrons. The largest absolute Gasteiger partial charge is 0.378 e. The summed E-state index contributed by atoms with van der Waals surface area (Å²) in [4.78, 5) is 1.81. The lowest BCUT2D eigenvalue weighted by Gasteiger charge is -2.32. The van der Waals surface area contributed by atoms with Gasteiger partial charge >= 0.3 is 0 Å². The molecule has 3 aromatic rings. The van der Waals surface area contributed by atoms with Crippen LogP contribution in [0.3, 0.4) is 0 Å². The second-order valence-electron chi connectivity index (χ2n) is 6.26. The number of aliphatic hydroxyl groups is 1.